The van der Waals surface area contributed by atoms with Crippen LogP contribution in [0.2, 0.25) is 0 Å². The van der Waals surface area contributed by atoms with Crippen molar-refractivity contribution in [1.82, 2.24) is 0 Å². The number of ketones is 2. The van der Waals surface area contributed by atoms with Gasteiger partial charge in [0.25, 0.3) is 0 Å². The third-order valence-electron chi connectivity index (χ3n) is 4.56. The molecule has 1 atom stereocenters. The van der Waals surface area contributed by atoms with E-state index < -0.39 is 40.3 Å². The van der Waals surface area contributed by atoms with Gasteiger partial charge in [0.1, 0.15) is 11.5 Å². The van der Waals surface area contributed by atoms with Crippen LogP contribution < -0.4 is 0 Å². The number of carbonyl (C=O) groups excluding carboxylic acids is 4. The van der Waals surface area contributed by atoms with E-state index in [1.54, 1.807) is 0 Å². The number of hydrogen-bond donors (Lipinski definition) is 2. The predicted molar refractivity (Wildman–Crippen MR) is 122 cm³/mol. The lowest BCUT2D eigenvalue weighted by molar-refractivity contribution is -0.138. The molecule has 10 heteroatoms. The Labute approximate surface area is 194 Å². The van der Waals surface area contributed by atoms with Gasteiger partial charge < -0.3 is 19.7 Å². The standard InChI is InChI=1S/C22H24O8S2/c1-11(2)5-6-15(31-9-17(25)29-3)12-7-13(23)20-19(21(12)27)14(24)8-16(22(20)28)32-10-18(26)30-4/h5,7-8,15,24,28H,6,9-10H2,1-4H3. The molecular formula is C22H24O8S2. The van der Waals surface area contributed by atoms with Gasteiger partial charge in [0.15, 0.2) is 11.6 Å². The summed E-state index contributed by atoms with van der Waals surface area (Å²) in [5.41, 5.74) is 0.508. The van der Waals surface area contributed by atoms with E-state index in [0.29, 0.717) is 6.42 Å². The van der Waals surface area contributed by atoms with Crippen LogP contribution in [0.5, 0.6) is 11.5 Å². The number of fused-ring (bicyclic) bond motifs is 1. The molecule has 32 heavy (non-hydrogen) atoms. The summed E-state index contributed by atoms with van der Waals surface area (Å²) in [6, 6.07) is 1.14. The third-order valence-corrected chi connectivity index (χ3v) is 6.81. The second-order valence-electron chi connectivity index (χ2n) is 7.04. The van der Waals surface area contributed by atoms with Gasteiger partial charge in [0.2, 0.25) is 0 Å². The van der Waals surface area contributed by atoms with Crippen LogP contribution >= 0.6 is 23.5 Å². The minimum atomic E-state index is -0.649. The van der Waals surface area contributed by atoms with Crippen molar-refractivity contribution < 1.29 is 38.9 Å². The Bertz CT molecular complexity index is 1010. The molecule has 1 aliphatic carbocycles. The number of ether oxygens (including phenoxy) is 2. The topological polar surface area (TPSA) is 127 Å². The Hall–Kier alpha value is -2.72. The molecule has 0 heterocycles. The lowest BCUT2D eigenvalue weighted by atomic mass is 9.86. The van der Waals surface area contributed by atoms with Gasteiger partial charge in [-0.05, 0) is 32.4 Å². The van der Waals surface area contributed by atoms with E-state index >= 15 is 0 Å². The monoisotopic (exact) mass is 480 g/mol. The van der Waals surface area contributed by atoms with E-state index in [4.69, 9.17) is 0 Å². The second-order valence-corrected chi connectivity index (χ2v) is 9.25. The highest BCUT2D eigenvalue weighted by atomic mass is 32.2. The Morgan fingerprint density at radius 3 is 2.28 bits per heavy atom. The number of allylic oxidation sites excluding steroid dienone is 3. The molecule has 0 aliphatic heterocycles. The average molecular weight is 481 g/mol. The van der Waals surface area contributed by atoms with Gasteiger partial charge in [-0.25, -0.2) is 0 Å². The zero-order chi connectivity index (χ0) is 24.0. The molecule has 172 valence electrons. The zero-order valence-electron chi connectivity index (χ0n) is 18.1. The molecule has 2 N–H and O–H groups in total. The number of methoxy groups -OCH3 is 2. The number of thioether (sulfide) groups is 2. The second kappa shape index (κ2) is 11.2. The number of phenols is 2. The van der Waals surface area contributed by atoms with Crippen LogP contribution in [0.4, 0.5) is 0 Å². The quantitative estimate of drug-likeness (QED) is 0.235. The van der Waals surface area contributed by atoms with Crippen molar-refractivity contribution in [1.29, 1.82) is 0 Å². The molecule has 0 spiro atoms. The fraction of sp³-hybridized carbons (Fsp3) is 0.364. The van der Waals surface area contributed by atoms with Crippen LogP contribution in [0.1, 0.15) is 41.0 Å². The molecule has 0 amide bonds. The van der Waals surface area contributed by atoms with Gasteiger partial charge in [-0.1, -0.05) is 11.6 Å². The number of Topliss-reactive ketones (excluding diaryl/α,β-unsaturated/α-hetero) is 1. The summed E-state index contributed by atoms with van der Waals surface area (Å²) in [5.74, 6) is -3.42. The lowest BCUT2D eigenvalue weighted by Gasteiger charge is -2.23. The fourth-order valence-electron chi connectivity index (χ4n) is 2.93. The highest BCUT2D eigenvalue weighted by Crippen LogP contribution is 2.43. The van der Waals surface area contributed by atoms with Crippen LogP contribution in [0.3, 0.4) is 0 Å². The number of carbonyl (C=O) groups is 4. The van der Waals surface area contributed by atoms with Crippen molar-refractivity contribution in [3.63, 3.8) is 0 Å². The van der Waals surface area contributed by atoms with Crippen molar-refractivity contribution in [2.45, 2.75) is 30.4 Å². The molecule has 0 saturated heterocycles. The first-order valence-electron chi connectivity index (χ1n) is 9.51. The van der Waals surface area contributed by atoms with Gasteiger partial charge in [-0.3, -0.25) is 19.2 Å². The van der Waals surface area contributed by atoms with E-state index in [1.165, 1.54) is 14.2 Å². The minimum Gasteiger partial charge on any atom is -0.507 e. The van der Waals surface area contributed by atoms with Crippen LogP contribution in [0.25, 0.3) is 0 Å². The predicted octanol–water partition coefficient (Wildman–Crippen LogP) is 3.30. The van der Waals surface area contributed by atoms with Crippen molar-refractivity contribution in [3.8, 4) is 11.5 Å². The number of benzene rings is 1. The van der Waals surface area contributed by atoms with Crippen LogP contribution in [-0.2, 0) is 19.1 Å². The molecule has 0 fully saturated rings. The summed E-state index contributed by atoms with van der Waals surface area (Å²) in [5, 5.41) is 20.6. The average Bonchev–Trinajstić information content (AvgIpc) is 2.75. The van der Waals surface area contributed by atoms with E-state index in [1.807, 2.05) is 19.9 Å². The molecule has 0 saturated carbocycles. The molecule has 1 aromatic carbocycles. The molecule has 0 radical (unpaired) electrons. The molecule has 0 aromatic heterocycles. The highest BCUT2D eigenvalue weighted by Gasteiger charge is 2.36. The molecule has 1 unspecified atom stereocenters. The number of rotatable bonds is 9. The summed E-state index contributed by atoms with van der Waals surface area (Å²) >= 11 is 2.02. The van der Waals surface area contributed by atoms with E-state index in [2.05, 4.69) is 9.47 Å². The van der Waals surface area contributed by atoms with Gasteiger partial charge in [0, 0.05) is 10.8 Å². The Morgan fingerprint density at radius 2 is 1.69 bits per heavy atom. The van der Waals surface area contributed by atoms with Crippen LogP contribution in [0.15, 0.2) is 34.3 Å². The van der Waals surface area contributed by atoms with Crippen LogP contribution in [-0.4, -0.2) is 64.7 Å². The van der Waals surface area contributed by atoms with Gasteiger partial charge in [-0.15, -0.1) is 23.5 Å². The minimum absolute atomic E-state index is 0.0240. The Kier molecular flexibility index (Phi) is 8.97. The normalized spacial score (nSPS) is 13.7. The first-order chi connectivity index (χ1) is 15.1. The van der Waals surface area contributed by atoms with Gasteiger partial charge in [-0.2, -0.15) is 0 Å². The Morgan fingerprint density at radius 1 is 1.06 bits per heavy atom. The SMILES string of the molecule is COC(=O)CSc1cc(O)c2c(c1O)C(=O)C=C(C(CC=C(C)C)SCC(=O)OC)C2=O. The van der Waals surface area contributed by atoms with Crippen molar-refractivity contribution in [2.75, 3.05) is 25.7 Å². The lowest BCUT2D eigenvalue weighted by Crippen LogP contribution is -2.25. The largest absolute Gasteiger partial charge is 0.507 e. The van der Waals surface area contributed by atoms with Gasteiger partial charge >= 0.3 is 11.9 Å². The summed E-state index contributed by atoms with van der Waals surface area (Å²) in [4.78, 5) is 49.2. The molecule has 1 aliphatic rings. The number of hydrogen-bond acceptors (Lipinski definition) is 10. The highest BCUT2D eigenvalue weighted by molar-refractivity contribution is 8.00. The molecule has 1 aromatic rings. The maximum atomic E-state index is 13.2. The molecule has 2 rings (SSSR count). The van der Waals surface area contributed by atoms with Gasteiger partial charge in [0.05, 0.1) is 41.7 Å². The molecule has 8 nitrogen and oxygen atoms in total. The van der Waals surface area contributed by atoms with Crippen LogP contribution in [0, 0.1) is 0 Å². The third kappa shape index (κ3) is 5.95. The van der Waals surface area contributed by atoms with E-state index in [-0.39, 0.29) is 33.1 Å². The first-order valence-corrected chi connectivity index (χ1v) is 11.5. The first kappa shape index (κ1) is 25.5. The summed E-state index contributed by atoms with van der Waals surface area (Å²) in [6.45, 7) is 3.77. The van der Waals surface area contributed by atoms with Crippen molar-refractivity contribution in [2.24, 2.45) is 0 Å². The maximum Gasteiger partial charge on any atom is 0.315 e. The fourth-order valence-corrected chi connectivity index (χ4v) is 4.79. The number of esters is 2. The summed E-state index contributed by atoms with van der Waals surface area (Å²) in [6.07, 6.45) is 3.39. The number of aromatic hydroxyl groups is 2. The smallest absolute Gasteiger partial charge is 0.315 e. The summed E-state index contributed by atoms with van der Waals surface area (Å²) in [7, 11) is 2.47. The van der Waals surface area contributed by atoms with Crippen molar-refractivity contribution >= 4 is 47.0 Å². The van der Waals surface area contributed by atoms with E-state index in [0.717, 1.165) is 41.2 Å². The maximum absolute atomic E-state index is 13.2. The van der Waals surface area contributed by atoms with E-state index in [9.17, 15) is 29.4 Å². The molecular weight excluding hydrogens is 456 g/mol. The zero-order valence-corrected chi connectivity index (χ0v) is 19.7. The molecule has 0 bridgehead atoms. The van der Waals surface area contributed by atoms with Crippen molar-refractivity contribution in [3.05, 3.63) is 40.5 Å². The Balaban J connectivity index is 2.45. The number of phenolic OH excluding ortho intramolecular Hbond substituents is 2. The summed E-state index contributed by atoms with van der Waals surface area (Å²) < 4.78 is 9.21.